The number of thioether (sulfide) groups is 1. The quantitative estimate of drug-likeness (QED) is 0.294. The number of rotatable bonds is 5. The summed E-state index contributed by atoms with van der Waals surface area (Å²) in [4.78, 5) is 4.51. The summed E-state index contributed by atoms with van der Waals surface area (Å²) < 4.78 is 5.33. The van der Waals surface area contributed by atoms with Crippen LogP contribution in [-0.4, -0.2) is 42.8 Å². The molecule has 0 aromatic rings. The molecule has 4 N–H and O–H groups in total. The van der Waals surface area contributed by atoms with Gasteiger partial charge in [0, 0.05) is 17.9 Å². The van der Waals surface area contributed by atoms with Crippen LogP contribution in [0.4, 0.5) is 0 Å². The van der Waals surface area contributed by atoms with Gasteiger partial charge in [0.05, 0.1) is 13.2 Å². The molecule has 5 nitrogen and oxygen atoms in total. The highest BCUT2D eigenvalue weighted by molar-refractivity contribution is 8.00. The summed E-state index contributed by atoms with van der Waals surface area (Å²) in [6, 6.07) is 0.193. The van der Waals surface area contributed by atoms with Gasteiger partial charge < -0.3 is 10.1 Å². The van der Waals surface area contributed by atoms with Gasteiger partial charge in [0.25, 0.3) is 0 Å². The molecule has 0 aliphatic carbocycles. The van der Waals surface area contributed by atoms with Crippen molar-refractivity contribution < 1.29 is 4.74 Å². The molecular formula is C11H24N4OS. The van der Waals surface area contributed by atoms with Crippen LogP contribution in [0.3, 0.4) is 0 Å². The summed E-state index contributed by atoms with van der Waals surface area (Å²) in [5.41, 5.74) is 2.61. The Balaban J connectivity index is 2.43. The van der Waals surface area contributed by atoms with Crippen LogP contribution in [0.15, 0.2) is 4.99 Å². The Kier molecular flexibility index (Phi) is 6.08. The van der Waals surface area contributed by atoms with Crippen LogP contribution < -0.4 is 16.6 Å². The fourth-order valence-electron chi connectivity index (χ4n) is 1.87. The van der Waals surface area contributed by atoms with E-state index in [1.807, 2.05) is 18.7 Å². The number of hydrogen-bond donors (Lipinski definition) is 3. The number of guanidine groups is 1. The van der Waals surface area contributed by atoms with Crippen molar-refractivity contribution in [3.63, 3.8) is 0 Å². The fraction of sp³-hybridized carbons (Fsp3) is 0.909. The molecule has 0 aromatic heterocycles. The lowest BCUT2D eigenvalue weighted by molar-refractivity contribution is 0.179. The number of nitrogens with one attached hydrogen (secondary N) is 2. The molecule has 1 saturated heterocycles. The zero-order valence-corrected chi connectivity index (χ0v) is 11.8. The lowest BCUT2D eigenvalue weighted by atomic mass is 10.1. The third-order valence-electron chi connectivity index (χ3n) is 2.81. The molecule has 2 unspecified atom stereocenters. The molecule has 1 rings (SSSR count). The fourth-order valence-corrected chi connectivity index (χ4v) is 3.09. The number of methoxy groups -OCH3 is 1. The highest BCUT2D eigenvalue weighted by Crippen LogP contribution is 2.37. The molecule has 0 bridgehead atoms. The van der Waals surface area contributed by atoms with Crippen molar-refractivity contribution in [2.45, 2.75) is 37.5 Å². The van der Waals surface area contributed by atoms with Crippen LogP contribution in [0.1, 0.15) is 26.7 Å². The van der Waals surface area contributed by atoms with Gasteiger partial charge in [-0.05, 0) is 32.4 Å². The number of nitrogens with two attached hydrogens (primary N) is 1. The zero-order chi connectivity index (χ0) is 12.7. The van der Waals surface area contributed by atoms with Gasteiger partial charge in [-0.3, -0.25) is 10.4 Å². The summed E-state index contributed by atoms with van der Waals surface area (Å²) in [7, 11) is 1.68. The zero-order valence-electron chi connectivity index (χ0n) is 11.0. The Morgan fingerprint density at radius 3 is 2.94 bits per heavy atom. The van der Waals surface area contributed by atoms with Crippen molar-refractivity contribution in [2.75, 3.05) is 26.0 Å². The van der Waals surface area contributed by atoms with E-state index >= 15 is 0 Å². The lowest BCUT2D eigenvalue weighted by Gasteiger charge is -2.21. The average Bonchev–Trinajstić information content (AvgIpc) is 2.72. The monoisotopic (exact) mass is 260 g/mol. The summed E-state index contributed by atoms with van der Waals surface area (Å²) >= 11 is 2.00. The first-order valence-corrected chi connectivity index (χ1v) is 6.99. The minimum Gasteiger partial charge on any atom is -0.383 e. The first kappa shape index (κ1) is 14.6. The minimum atomic E-state index is 0.193. The Morgan fingerprint density at radius 1 is 1.65 bits per heavy atom. The van der Waals surface area contributed by atoms with E-state index in [2.05, 4.69) is 22.7 Å². The third-order valence-corrected chi connectivity index (χ3v) is 4.33. The van der Waals surface area contributed by atoms with Gasteiger partial charge in [-0.25, -0.2) is 5.84 Å². The minimum absolute atomic E-state index is 0.193. The van der Waals surface area contributed by atoms with Crippen LogP contribution in [0, 0.1) is 0 Å². The van der Waals surface area contributed by atoms with Gasteiger partial charge in [-0.15, -0.1) is 0 Å². The molecule has 17 heavy (non-hydrogen) atoms. The predicted molar refractivity (Wildman–Crippen MR) is 74.2 cm³/mol. The van der Waals surface area contributed by atoms with E-state index < -0.39 is 0 Å². The molecule has 0 amide bonds. The van der Waals surface area contributed by atoms with Crippen molar-refractivity contribution in [1.82, 2.24) is 10.7 Å². The molecule has 6 heteroatoms. The largest absolute Gasteiger partial charge is 0.383 e. The maximum atomic E-state index is 5.45. The molecule has 1 aliphatic rings. The molecule has 0 aromatic carbocycles. The predicted octanol–water partition coefficient (Wildman–Crippen LogP) is 0.716. The van der Waals surface area contributed by atoms with Crippen molar-refractivity contribution in [1.29, 1.82) is 0 Å². The summed E-state index contributed by atoms with van der Waals surface area (Å²) in [6.45, 7) is 5.72. The van der Waals surface area contributed by atoms with Crippen LogP contribution in [0.25, 0.3) is 0 Å². The first-order chi connectivity index (χ1) is 8.09. The number of hydrazine groups is 1. The van der Waals surface area contributed by atoms with Gasteiger partial charge >= 0.3 is 0 Å². The number of aliphatic imine (C=N–C) groups is 1. The maximum Gasteiger partial charge on any atom is 0.206 e. The second-order valence-electron chi connectivity index (χ2n) is 4.71. The topological polar surface area (TPSA) is 71.7 Å². The van der Waals surface area contributed by atoms with Crippen LogP contribution in [0.5, 0.6) is 0 Å². The normalized spacial score (nSPS) is 26.9. The average molecular weight is 260 g/mol. The highest BCUT2D eigenvalue weighted by atomic mass is 32.2. The SMILES string of the molecule is COCC(C)NC(=NCC1(C)CCCS1)NN. The van der Waals surface area contributed by atoms with Crippen molar-refractivity contribution in [3.05, 3.63) is 0 Å². The molecule has 0 spiro atoms. The summed E-state index contributed by atoms with van der Waals surface area (Å²) in [6.07, 6.45) is 2.52. The van der Waals surface area contributed by atoms with Gasteiger partial charge in [0.2, 0.25) is 5.96 Å². The smallest absolute Gasteiger partial charge is 0.206 e. The van der Waals surface area contributed by atoms with E-state index in [1.165, 1.54) is 18.6 Å². The van der Waals surface area contributed by atoms with Crippen molar-refractivity contribution in [3.8, 4) is 0 Å². The van der Waals surface area contributed by atoms with Crippen molar-refractivity contribution in [2.24, 2.45) is 10.8 Å². The second-order valence-corrected chi connectivity index (χ2v) is 6.39. The van der Waals surface area contributed by atoms with Crippen LogP contribution in [0.2, 0.25) is 0 Å². The highest BCUT2D eigenvalue weighted by Gasteiger charge is 2.29. The molecule has 2 atom stereocenters. The van der Waals surface area contributed by atoms with Gasteiger partial charge in [0.15, 0.2) is 0 Å². The third kappa shape index (κ3) is 5.14. The molecule has 0 saturated carbocycles. The van der Waals surface area contributed by atoms with Crippen molar-refractivity contribution >= 4 is 17.7 Å². The second kappa shape index (κ2) is 7.08. The van der Waals surface area contributed by atoms with E-state index in [0.717, 1.165) is 6.54 Å². The summed E-state index contributed by atoms with van der Waals surface area (Å²) in [5.74, 6) is 7.34. The number of hydrogen-bond acceptors (Lipinski definition) is 4. The van der Waals surface area contributed by atoms with E-state index in [4.69, 9.17) is 10.6 Å². The van der Waals surface area contributed by atoms with Gasteiger partial charge in [-0.1, -0.05) is 0 Å². The molecule has 0 radical (unpaired) electrons. The first-order valence-electron chi connectivity index (χ1n) is 6.00. The number of nitrogens with zero attached hydrogens (tertiary/aromatic N) is 1. The van der Waals surface area contributed by atoms with E-state index in [9.17, 15) is 0 Å². The van der Waals surface area contributed by atoms with E-state index in [-0.39, 0.29) is 10.8 Å². The Labute approximate surface area is 108 Å². The Morgan fingerprint density at radius 2 is 2.41 bits per heavy atom. The van der Waals surface area contributed by atoms with Crippen LogP contribution >= 0.6 is 11.8 Å². The molecule has 1 fully saturated rings. The molecule has 1 aliphatic heterocycles. The standard InChI is InChI=1S/C11H24N4OS/c1-9(7-16-3)14-10(15-12)13-8-11(2)5-4-6-17-11/h9H,4-8,12H2,1-3H3,(H2,13,14,15). The molecule has 100 valence electrons. The number of ether oxygens (including phenoxy) is 1. The van der Waals surface area contributed by atoms with Gasteiger partial charge in [-0.2, -0.15) is 11.8 Å². The Bertz CT molecular complexity index is 254. The molecular weight excluding hydrogens is 236 g/mol. The molecule has 1 heterocycles. The van der Waals surface area contributed by atoms with Gasteiger partial charge in [0.1, 0.15) is 0 Å². The van der Waals surface area contributed by atoms with E-state index in [0.29, 0.717) is 12.6 Å². The van der Waals surface area contributed by atoms with Crippen LogP contribution in [-0.2, 0) is 4.74 Å². The summed E-state index contributed by atoms with van der Waals surface area (Å²) in [5, 5.41) is 3.19. The Hall–Kier alpha value is -0.460. The van der Waals surface area contributed by atoms with E-state index in [1.54, 1.807) is 7.11 Å². The maximum absolute atomic E-state index is 5.45. The lowest BCUT2D eigenvalue weighted by Crippen LogP contribution is -2.47.